The van der Waals surface area contributed by atoms with Gasteiger partial charge >= 0.3 is 0 Å². The van der Waals surface area contributed by atoms with Gasteiger partial charge in [0.2, 0.25) is 0 Å². The molecular formula is C23H21N3O5S. The number of nitrogens with one attached hydrogen (secondary N) is 2. The van der Waals surface area contributed by atoms with E-state index in [0.29, 0.717) is 0 Å². The summed E-state index contributed by atoms with van der Waals surface area (Å²) in [5.74, 6) is -1.02. The predicted octanol–water partition coefficient (Wildman–Crippen LogP) is 2.92. The number of nitrogens with zero attached hydrogens (tertiary/aromatic N) is 1. The SMILES string of the molecule is COc1ccc(C(=O)/C=C/c2ccc(C)cc2)cc1S(=O)(=O)NNC(=O)c1ccncc1. The van der Waals surface area contributed by atoms with E-state index in [9.17, 15) is 18.0 Å². The first-order valence-corrected chi connectivity index (χ1v) is 11.0. The highest BCUT2D eigenvalue weighted by molar-refractivity contribution is 7.89. The summed E-state index contributed by atoms with van der Waals surface area (Å²) < 4.78 is 30.7. The minimum absolute atomic E-state index is 0.0229. The Kier molecular flexibility index (Phi) is 7.14. The number of sulfonamides is 1. The summed E-state index contributed by atoms with van der Waals surface area (Å²) >= 11 is 0. The zero-order chi connectivity index (χ0) is 23.1. The Morgan fingerprint density at radius 3 is 2.31 bits per heavy atom. The fourth-order valence-corrected chi connectivity index (χ4v) is 3.77. The van der Waals surface area contributed by atoms with Crippen molar-refractivity contribution in [3.05, 3.63) is 95.3 Å². The molecule has 164 valence electrons. The van der Waals surface area contributed by atoms with Gasteiger partial charge in [-0.2, -0.15) is 0 Å². The van der Waals surface area contributed by atoms with E-state index in [0.717, 1.165) is 11.1 Å². The highest BCUT2D eigenvalue weighted by Crippen LogP contribution is 2.25. The van der Waals surface area contributed by atoms with E-state index >= 15 is 0 Å². The van der Waals surface area contributed by atoms with Gasteiger partial charge in [0.25, 0.3) is 15.9 Å². The smallest absolute Gasteiger partial charge is 0.266 e. The van der Waals surface area contributed by atoms with Gasteiger partial charge in [-0.1, -0.05) is 35.9 Å². The zero-order valence-corrected chi connectivity index (χ0v) is 18.2. The maximum absolute atomic E-state index is 12.8. The molecule has 0 bridgehead atoms. The van der Waals surface area contributed by atoms with Gasteiger partial charge < -0.3 is 4.74 Å². The Bertz CT molecular complexity index is 1250. The lowest BCUT2D eigenvalue weighted by atomic mass is 10.1. The Hall–Kier alpha value is -3.82. The third-order valence-electron chi connectivity index (χ3n) is 4.48. The zero-order valence-electron chi connectivity index (χ0n) is 17.4. The molecule has 9 heteroatoms. The molecule has 3 rings (SSSR count). The number of aryl methyl sites for hydroxylation is 1. The Morgan fingerprint density at radius 2 is 1.66 bits per heavy atom. The summed E-state index contributed by atoms with van der Waals surface area (Å²) in [7, 11) is -2.92. The van der Waals surface area contributed by atoms with Gasteiger partial charge in [-0.25, -0.2) is 8.42 Å². The minimum Gasteiger partial charge on any atom is -0.495 e. The summed E-state index contributed by atoms with van der Waals surface area (Å²) in [5, 5.41) is 0. The van der Waals surface area contributed by atoms with Gasteiger partial charge in [0.1, 0.15) is 10.6 Å². The van der Waals surface area contributed by atoms with Gasteiger partial charge in [-0.05, 0) is 48.9 Å². The van der Waals surface area contributed by atoms with Crippen LogP contribution in [0.25, 0.3) is 6.08 Å². The Balaban J connectivity index is 1.80. The monoisotopic (exact) mass is 451 g/mol. The van der Waals surface area contributed by atoms with Crippen molar-refractivity contribution in [3.63, 3.8) is 0 Å². The fourth-order valence-electron chi connectivity index (χ4n) is 2.73. The summed E-state index contributed by atoms with van der Waals surface area (Å²) in [5.41, 5.74) is 4.44. The van der Waals surface area contributed by atoms with Crippen LogP contribution in [0.4, 0.5) is 0 Å². The van der Waals surface area contributed by atoms with E-state index in [1.807, 2.05) is 36.0 Å². The van der Waals surface area contributed by atoms with Crippen molar-refractivity contribution in [1.82, 2.24) is 15.2 Å². The average Bonchev–Trinajstić information content (AvgIpc) is 2.82. The number of aromatic nitrogens is 1. The normalized spacial score (nSPS) is 11.3. The van der Waals surface area contributed by atoms with E-state index in [2.05, 4.69) is 10.4 Å². The van der Waals surface area contributed by atoms with Gasteiger partial charge in [0, 0.05) is 23.5 Å². The first-order chi connectivity index (χ1) is 15.3. The maximum Gasteiger partial charge on any atom is 0.266 e. The number of carbonyl (C=O) groups excluding carboxylic acids is 2. The molecule has 0 aliphatic rings. The summed E-state index contributed by atoms with van der Waals surface area (Å²) in [4.78, 5) is 30.3. The molecule has 0 saturated carbocycles. The number of carbonyl (C=O) groups is 2. The average molecular weight is 452 g/mol. The van der Waals surface area contributed by atoms with Crippen LogP contribution in [-0.4, -0.2) is 32.2 Å². The van der Waals surface area contributed by atoms with E-state index in [1.54, 1.807) is 6.08 Å². The molecule has 32 heavy (non-hydrogen) atoms. The number of benzene rings is 2. The highest BCUT2D eigenvalue weighted by Gasteiger charge is 2.22. The molecule has 3 aromatic rings. The van der Waals surface area contributed by atoms with E-state index < -0.39 is 15.9 Å². The first kappa shape index (κ1) is 22.9. The number of rotatable bonds is 8. The molecule has 0 aliphatic heterocycles. The maximum atomic E-state index is 12.8. The van der Waals surface area contributed by atoms with E-state index in [-0.39, 0.29) is 27.6 Å². The van der Waals surface area contributed by atoms with Crippen molar-refractivity contribution in [2.75, 3.05) is 7.11 Å². The number of hydrogen-bond acceptors (Lipinski definition) is 6. The van der Waals surface area contributed by atoms with Crippen LogP contribution in [-0.2, 0) is 10.0 Å². The summed E-state index contributed by atoms with van der Waals surface area (Å²) in [6, 6.07) is 14.5. The van der Waals surface area contributed by atoms with Gasteiger partial charge in [-0.3, -0.25) is 20.0 Å². The molecule has 1 amide bonds. The molecule has 0 atom stereocenters. The van der Waals surface area contributed by atoms with Gasteiger partial charge in [-0.15, -0.1) is 4.83 Å². The summed E-state index contributed by atoms with van der Waals surface area (Å²) in [6.07, 6.45) is 5.83. The number of allylic oxidation sites excluding steroid dienone is 1. The van der Waals surface area contributed by atoms with E-state index in [4.69, 9.17) is 4.74 Å². The van der Waals surface area contributed by atoms with Crippen molar-refractivity contribution >= 4 is 27.8 Å². The van der Waals surface area contributed by atoms with Crippen LogP contribution in [0, 0.1) is 6.92 Å². The fraction of sp³-hybridized carbons (Fsp3) is 0.0870. The highest BCUT2D eigenvalue weighted by atomic mass is 32.2. The van der Waals surface area contributed by atoms with Crippen molar-refractivity contribution in [2.24, 2.45) is 0 Å². The first-order valence-electron chi connectivity index (χ1n) is 9.49. The van der Waals surface area contributed by atoms with Crippen LogP contribution < -0.4 is 15.0 Å². The third kappa shape index (κ3) is 5.65. The molecule has 0 saturated heterocycles. The molecule has 0 unspecified atom stereocenters. The van der Waals surface area contributed by atoms with Crippen molar-refractivity contribution in [3.8, 4) is 5.75 Å². The minimum atomic E-state index is -4.23. The molecule has 1 aromatic heterocycles. The van der Waals surface area contributed by atoms with E-state index in [1.165, 1.54) is 55.9 Å². The van der Waals surface area contributed by atoms with Crippen LogP contribution in [0.5, 0.6) is 5.75 Å². The molecule has 0 spiro atoms. The molecule has 2 aromatic carbocycles. The quantitative estimate of drug-likeness (QED) is 0.309. The molecule has 0 radical (unpaired) electrons. The standard InChI is InChI=1S/C23H21N3O5S/c1-16-3-5-17(6-4-16)7-9-20(27)19-8-10-21(31-2)22(15-19)32(29,30)26-25-23(28)18-11-13-24-14-12-18/h3-15,26H,1-2H3,(H,25,28)/b9-7+. The predicted molar refractivity (Wildman–Crippen MR) is 120 cm³/mol. The number of pyridine rings is 1. The number of ether oxygens (including phenoxy) is 1. The lowest BCUT2D eigenvalue weighted by Gasteiger charge is -2.12. The number of amides is 1. The molecule has 0 fully saturated rings. The number of methoxy groups -OCH3 is 1. The topological polar surface area (TPSA) is 114 Å². The molecule has 1 heterocycles. The van der Waals surface area contributed by atoms with Gasteiger partial charge in [0.05, 0.1) is 7.11 Å². The Morgan fingerprint density at radius 1 is 0.969 bits per heavy atom. The van der Waals surface area contributed by atoms with Crippen LogP contribution in [0.3, 0.4) is 0 Å². The Labute approximate surface area is 186 Å². The second-order valence-electron chi connectivity index (χ2n) is 6.77. The second kappa shape index (κ2) is 9.99. The largest absolute Gasteiger partial charge is 0.495 e. The van der Waals surface area contributed by atoms with Crippen LogP contribution in [0.1, 0.15) is 31.8 Å². The van der Waals surface area contributed by atoms with Crippen LogP contribution in [0.2, 0.25) is 0 Å². The molecule has 8 nitrogen and oxygen atoms in total. The van der Waals surface area contributed by atoms with Gasteiger partial charge in [0.15, 0.2) is 5.78 Å². The van der Waals surface area contributed by atoms with Crippen molar-refractivity contribution in [2.45, 2.75) is 11.8 Å². The lowest BCUT2D eigenvalue weighted by Crippen LogP contribution is -2.41. The third-order valence-corrected chi connectivity index (χ3v) is 5.75. The van der Waals surface area contributed by atoms with Crippen molar-refractivity contribution < 1.29 is 22.7 Å². The molecular weight excluding hydrogens is 430 g/mol. The molecule has 0 aliphatic carbocycles. The number of hydrogen-bond donors (Lipinski definition) is 2. The van der Waals surface area contributed by atoms with Crippen molar-refractivity contribution in [1.29, 1.82) is 0 Å². The number of hydrazine groups is 1. The lowest BCUT2D eigenvalue weighted by molar-refractivity contribution is 0.0944. The van der Waals surface area contributed by atoms with Crippen LogP contribution >= 0.6 is 0 Å². The second-order valence-corrected chi connectivity index (χ2v) is 8.42. The number of ketones is 1. The van der Waals surface area contributed by atoms with Crippen LogP contribution in [0.15, 0.2) is 78.0 Å². The summed E-state index contributed by atoms with van der Waals surface area (Å²) in [6.45, 7) is 1.96. The molecule has 2 N–H and O–H groups in total.